The van der Waals surface area contributed by atoms with Crippen LogP contribution in [-0.2, 0) is 4.79 Å². The Labute approximate surface area is 161 Å². The molecule has 1 atom stereocenters. The molecule has 0 fully saturated rings. The van der Waals surface area contributed by atoms with E-state index in [2.05, 4.69) is 0 Å². The topological polar surface area (TPSA) is 71.1 Å². The van der Waals surface area contributed by atoms with Gasteiger partial charge < -0.3 is 18.9 Å². The van der Waals surface area contributed by atoms with Gasteiger partial charge in [0.1, 0.15) is 24.7 Å². The normalized spacial score (nSPS) is 19.5. The quantitative estimate of drug-likeness (QED) is 0.427. The van der Waals surface area contributed by atoms with Crippen molar-refractivity contribution in [3.63, 3.8) is 0 Å². The highest BCUT2D eigenvalue weighted by molar-refractivity contribution is 6.13. The van der Waals surface area contributed by atoms with Crippen LogP contribution in [0.4, 0.5) is 0 Å². The molecule has 3 aliphatic rings. The molecule has 0 radical (unpaired) electrons. The lowest BCUT2D eigenvalue weighted by molar-refractivity contribution is -0.135. The number of hydrogen-bond acceptors (Lipinski definition) is 6. The molecule has 2 aromatic carbocycles. The maximum atomic E-state index is 12.7. The van der Waals surface area contributed by atoms with E-state index in [-0.39, 0.29) is 24.1 Å². The van der Waals surface area contributed by atoms with Crippen molar-refractivity contribution in [1.29, 1.82) is 0 Å². The van der Waals surface area contributed by atoms with E-state index in [9.17, 15) is 9.59 Å². The Morgan fingerprint density at radius 1 is 0.929 bits per heavy atom. The number of carbonyl (C=O) groups excluding carboxylic acids is 2. The van der Waals surface area contributed by atoms with E-state index < -0.39 is 0 Å². The van der Waals surface area contributed by atoms with Gasteiger partial charge in [-0.3, -0.25) is 9.59 Å². The molecular formula is C22H18O6. The Balaban J connectivity index is 1.67. The first kappa shape index (κ1) is 16.9. The van der Waals surface area contributed by atoms with Gasteiger partial charge in [-0.05, 0) is 49.2 Å². The number of Topliss-reactive ketones (excluding diaryl/α,β-unsaturated/α-hetero) is 1. The summed E-state index contributed by atoms with van der Waals surface area (Å²) in [5.41, 5.74) is 2.91. The van der Waals surface area contributed by atoms with Crippen LogP contribution in [0.2, 0.25) is 0 Å². The van der Waals surface area contributed by atoms with Crippen LogP contribution in [0.15, 0.2) is 41.7 Å². The van der Waals surface area contributed by atoms with Crippen molar-refractivity contribution in [3.05, 3.63) is 58.4 Å². The van der Waals surface area contributed by atoms with Crippen molar-refractivity contribution < 1.29 is 28.5 Å². The number of rotatable bonds is 1. The highest BCUT2D eigenvalue weighted by Gasteiger charge is 2.39. The predicted molar refractivity (Wildman–Crippen MR) is 99.3 cm³/mol. The molecule has 3 heterocycles. The SMILES string of the molecule is CC(C)=C1Oc2c(ccc3c2C(c2ccc4c(c2)OCCO4)CC(=O)O3)C1=O. The minimum Gasteiger partial charge on any atom is -0.486 e. The third-order valence-electron chi connectivity index (χ3n) is 5.18. The molecule has 0 bridgehead atoms. The van der Waals surface area contributed by atoms with E-state index in [0.29, 0.717) is 47.5 Å². The van der Waals surface area contributed by atoms with E-state index in [0.717, 1.165) is 16.7 Å². The van der Waals surface area contributed by atoms with Crippen LogP contribution in [0, 0.1) is 0 Å². The van der Waals surface area contributed by atoms with E-state index in [1.54, 1.807) is 12.1 Å². The van der Waals surface area contributed by atoms with Crippen molar-refractivity contribution in [2.75, 3.05) is 13.2 Å². The van der Waals surface area contributed by atoms with E-state index in [1.165, 1.54) is 0 Å². The lowest BCUT2D eigenvalue weighted by atomic mass is 9.84. The average Bonchev–Trinajstić information content (AvgIpc) is 3.04. The van der Waals surface area contributed by atoms with Crippen molar-refractivity contribution in [2.45, 2.75) is 26.2 Å². The number of carbonyl (C=O) groups is 2. The summed E-state index contributed by atoms with van der Waals surface area (Å²) < 4.78 is 22.7. The highest BCUT2D eigenvalue weighted by Crippen LogP contribution is 2.50. The summed E-state index contributed by atoms with van der Waals surface area (Å²) in [4.78, 5) is 24.9. The Kier molecular flexibility index (Phi) is 3.69. The molecule has 0 spiro atoms. The van der Waals surface area contributed by atoms with Crippen molar-refractivity contribution in [2.24, 2.45) is 0 Å². The van der Waals surface area contributed by atoms with E-state index >= 15 is 0 Å². The molecule has 0 amide bonds. The van der Waals surface area contributed by atoms with Gasteiger partial charge in [-0.25, -0.2) is 0 Å². The molecule has 1 unspecified atom stereocenters. The highest BCUT2D eigenvalue weighted by atomic mass is 16.6. The molecule has 6 nitrogen and oxygen atoms in total. The van der Waals surface area contributed by atoms with Gasteiger partial charge in [-0.2, -0.15) is 0 Å². The average molecular weight is 378 g/mol. The van der Waals surface area contributed by atoms with E-state index in [1.807, 2.05) is 32.0 Å². The Hall–Kier alpha value is -3.28. The summed E-state index contributed by atoms with van der Waals surface area (Å²) >= 11 is 0. The maximum Gasteiger partial charge on any atom is 0.312 e. The van der Waals surface area contributed by atoms with Gasteiger partial charge in [0, 0.05) is 11.5 Å². The number of benzene rings is 2. The van der Waals surface area contributed by atoms with Crippen molar-refractivity contribution in [3.8, 4) is 23.0 Å². The zero-order valence-corrected chi connectivity index (χ0v) is 15.5. The molecule has 0 saturated carbocycles. The Morgan fingerprint density at radius 2 is 1.68 bits per heavy atom. The summed E-state index contributed by atoms with van der Waals surface area (Å²) in [6.45, 7) is 4.67. The number of ether oxygens (including phenoxy) is 4. The summed E-state index contributed by atoms with van der Waals surface area (Å²) in [5.74, 6) is 1.81. The number of fused-ring (bicyclic) bond motifs is 4. The summed E-state index contributed by atoms with van der Waals surface area (Å²) in [5, 5.41) is 0. The van der Waals surface area contributed by atoms with Crippen LogP contribution in [0.1, 0.15) is 47.7 Å². The van der Waals surface area contributed by atoms with Gasteiger partial charge in [-0.1, -0.05) is 6.07 Å². The van der Waals surface area contributed by atoms with Gasteiger partial charge in [0.25, 0.3) is 0 Å². The second-order valence-corrected chi connectivity index (χ2v) is 7.25. The number of esters is 1. The first-order valence-corrected chi connectivity index (χ1v) is 9.20. The smallest absolute Gasteiger partial charge is 0.312 e. The molecule has 0 aromatic heterocycles. The summed E-state index contributed by atoms with van der Waals surface area (Å²) in [7, 11) is 0. The third kappa shape index (κ3) is 2.48. The minimum atomic E-state index is -0.320. The lowest BCUT2D eigenvalue weighted by Gasteiger charge is -2.27. The Morgan fingerprint density at radius 3 is 2.46 bits per heavy atom. The van der Waals surface area contributed by atoms with Crippen LogP contribution in [0.5, 0.6) is 23.0 Å². The predicted octanol–water partition coefficient (Wildman–Crippen LogP) is 3.77. The monoisotopic (exact) mass is 378 g/mol. The van der Waals surface area contributed by atoms with Gasteiger partial charge in [-0.15, -0.1) is 0 Å². The molecule has 28 heavy (non-hydrogen) atoms. The van der Waals surface area contributed by atoms with Crippen LogP contribution >= 0.6 is 0 Å². The maximum absolute atomic E-state index is 12.7. The first-order valence-electron chi connectivity index (χ1n) is 9.20. The summed E-state index contributed by atoms with van der Waals surface area (Å²) in [6, 6.07) is 8.98. The van der Waals surface area contributed by atoms with Crippen LogP contribution in [0.3, 0.4) is 0 Å². The number of allylic oxidation sites excluding steroid dienone is 2. The van der Waals surface area contributed by atoms with Crippen molar-refractivity contribution >= 4 is 11.8 Å². The number of ketones is 1. The Bertz CT molecular complexity index is 1060. The molecule has 6 heteroatoms. The fourth-order valence-electron chi connectivity index (χ4n) is 3.88. The first-order chi connectivity index (χ1) is 13.5. The number of hydrogen-bond donors (Lipinski definition) is 0. The van der Waals surface area contributed by atoms with E-state index in [4.69, 9.17) is 18.9 Å². The van der Waals surface area contributed by atoms with Gasteiger partial charge in [0.15, 0.2) is 17.3 Å². The summed E-state index contributed by atoms with van der Waals surface area (Å²) in [6.07, 6.45) is 0.158. The third-order valence-corrected chi connectivity index (χ3v) is 5.18. The fraction of sp³-hybridized carbons (Fsp3) is 0.273. The second-order valence-electron chi connectivity index (χ2n) is 7.25. The second kappa shape index (κ2) is 6.12. The molecule has 142 valence electrons. The molecule has 2 aromatic rings. The van der Waals surface area contributed by atoms with Crippen LogP contribution < -0.4 is 18.9 Å². The zero-order valence-electron chi connectivity index (χ0n) is 15.5. The molecule has 0 saturated heterocycles. The van der Waals surface area contributed by atoms with Crippen molar-refractivity contribution in [1.82, 2.24) is 0 Å². The van der Waals surface area contributed by atoms with Gasteiger partial charge >= 0.3 is 5.97 Å². The zero-order chi connectivity index (χ0) is 19.4. The molecule has 5 rings (SSSR count). The van der Waals surface area contributed by atoms with Crippen LogP contribution in [0.25, 0.3) is 0 Å². The minimum absolute atomic E-state index is 0.143. The van der Waals surface area contributed by atoms with Gasteiger partial charge in [0.2, 0.25) is 5.78 Å². The molecule has 0 N–H and O–H groups in total. The van der Waals surface area contributed by atoms with Crippen LogP contribution in [-0.4, -0.2) is 25.0 Å². The van der Waals surface area contributed by atoms with Gasteiger partial charge in [0.05, 0.1) is 12.0 Å². The fourth-order valence-corrected chi connectivity index (χ4v) is 3.88. The largest absolute Gasteiger partial charge is 0.486 e. The molecular weight excluding hydrogens is 360 g/mol. The lowest BCUT2D eigenvalue weighted by Crippen LogP contribution is -2.22. The molecule has 0 aliphatic carbocycles. The molecule has 3 aliphatic heterocycles. The standard InChI is InChI=1S/C22H18O6/c1-11(2)21-20(24)13-4-6-16-19(22(13)28-21)14(10-18(23)27-16)12-3-5-15-17(9-12)26-8-7-25-15/h3-6,9,14H,7-8,10H2,1-2H3.